The van der Waals surface area contributed by atoms with E-state index in [2.05, 4.69) is 10.1 Å². The molecular weight excluding hydrogens is 400 g/mol. The second-order valence-corrected chi connectivity index (χ2v) is 7.15. The Balaban J connectivity index is 1.91. The molecule has 3 rings (SSSR count). The second kappa shape index (κ2) is 7.76. The highest BCUT2D eigenvalue weighted by molar-refractivity contribution is 5.98. The molecule has 3 nitrogen and oxygen atoms in total. The normalized spacial score (nSPS) is 20.5. The van der Waals surface area contributed by atoms with E-state index in [-0.39, 0.29) is 47.7 Å². The minimum atomic E-state index is -4.68. The van der Waals surface area contributed by atoms with Crippen LogP contribution in [0, 0.1) is 5.92 Å². The van der Waals surface area contributed by atoms with Crippen molar-refractivity contribution in [3.8, 4) is 0 Å². The predicted molar refractivity (Wildman–Crippen MR) is 95.7 cm³/mol. The van der Waals surface area contributed by atoms with Crippen LogP contribution in [0.4, 0.5) is 32.0 Å². The Bertz CT molecular complexity index is 898. The Labute approximate surface area is 163 Å². The van der Waals surface area contributed by atoms with Crippen molar-refractivity contribution in [1.82, 2.24) is 0 Å². The van der Waals surface area contributed by atoms with Crippen molar-refractivity contribution >= 4 is 22.4 Å². The van der Waals surface area contributed by atoms with Crippen molar-refractivity contribution in [2.24, 2.45) is 5.92 Å². The summed E-state index contributed by atoms with van der Waals surface area (Å²) in [7, 11) is 1.17. The van der Waals surface area contributed by atoms with E-state index in [4.69, 9.17) is 0 Å². The summed E-state index contributed by atoms with van der Waals surface area (Å²) in [4.78, 5) is 11.6. The van der Waals surface area contributed by atoms with Gasteiger partial charge in [0.1, 0.15) is 0 Å². The van der Waals surface area contributed by atoms with Gasteiger partial charge in [0.25, 0.3) is 0 Å². The highest BCUT2D eigenvalue weighted by atomic mass is 19.4. The van der Waals surface area contributed by atoms with Crippen molar-refractivity contribution in [3.63, 3.8) is 0 Å². The number of anilines is 1. The summed E-state index contributed by atoms with van der Waals surface area (Å²) < 4.78 is 84.4. The first kappa shape index (κ1) is 21.3. The van der Waals surface area contributed by atoms with Crippen molar-refractivity contribution in [2.45, 2.75) is 44.1 Å². The number of nitrogens with one attached hydrogen (secondary N) is 1. The van der Waals surface area contributed by atoms with Gasteiger partial charge in [0.15, 0.2) is 0 Å². The summed E-state index contributed by atoms with van der Waals surface area (Å²) in [5, 5.41) is 2.91. The molecule has 9 heteroatoms. The Morgan fingerprint density at radius 3 is 2.21 bits per heavy atom. The molecule has 0 saturated heterocycles. The molecule has 2 aromatic rings. The number of rotatable bonds is 3. The zero-order valence-electron chi connectivity index (χ0n) is 15.5. The first-order valence-corrected chi connectivity index (χ1v) is 9.06. The average molecular weight is 419 g/mol. The standard InChI is InChI=1S/C20H19F6NO2/c1-29-18(28)12-2-8-15-11(10-12)3-9-16(17(15)20(24,25)26)27-14-6-4-13(5-7-14)19(21,22)23/h2-3,8-10,13-14,27H,4-7H2,1H3/t13-,14+. The van der Waals surface area contributed by atoms with E-state index in [9.17, 15) is 31.1 Å². The summed E-state index contributed by atoms with van der Waals surface area (Å²) in [5.41, 5.74) is -0.949. The van der Waals surface area contributed by atoms with Gasteiger partial charge in [-0.05, 0) is 54.7 Å². The van der Waals surface area contributed by atoms with Crippen LogP contribution in [0.25, 0.3) is 10.8 Å². The number of halogens is 6. The molecule has 2 aromatic carbocycles. The van der Waals surface area contributed by atoms with Crippen LogP contribution >= 0.6 is 0 Å². The fourth-order valence-electron chi connectivity index (χ4n) is 3.79. The Hall–Kier alpha value is -2.45. The molecule has 1 fully saturated rings. The minimum Gasteiger partial charge on any atom is -0.465 e. The molecule has 29 heavy (non-hydrogen) atoms. The number of hydrogen-bond acceptors (Lipinski definition) is 3. The predicted octanol–water partition coefficient (Wildman–Crippen LogP) is 6.18. The number of carbonyl (C=O) groups is 1. The molecule has 0 heterocycles. The van der Waals surface area contributed by atoms with Gasteiger partial charge in [0.05, 0.1) is 24.2 Å². The Kier molecular flexibility index (Phi) is 5.69. The van der Waals surface area contributed by atoms with Gasteiger partial charge in [-0.2, -0.15) is 26.3 Å². The van der Waals surface area contributed by atoms with E-state index in [1.807, 2.05) is 0 Å². The first-order valence-electron chi connectivity index (χ1n) is 9.06. The van der Waals surface area contributed by atoms with Gasteiger partial charge in [0, 0.05) is 11.7 Å². The molecule has 1 aliphatic rings. The van der Waals surface area contributed by atoms with E-state index < -0.39 is 35.8 Å². The maximum Gasteiger partial charge on any atom is 0.418 e. The van der Waals surface area contributed by atoms with E-state index in [0.29, 0.717) is 0 Å². The van der Waals surface area contributed by atoms with Crippen LogP contribution in [-0.2, 0) is 10.9 Å². The van der Waals surface area contributed by atoms with Crippen LogP contribution in [-0.4, -0.2) is 25.3 Å². The van der Waals surface area contributed by atoms with Crippen LogP contribution < -0.4 is 5.32 Å². The summed E-state index contributed by atoms with van der Waals surface area (Å²) in [6.45, 7) is 0. The van der Waals surface area contributed by atoms with Gasteiger partial charge < -0.3 is 10.1 Å². The maximum atomic E-state index is 13.8. The summed E-state index contributed by atoms with van der Waals surface area (Å²) in [6.07, 6.45) is -8.90. The van der Waals surface area contributed by atoms with Crippen LogP contribution in [0.5, 0.6) is 0 Å². The lowest BCUT2D eigenvalue weighted by molar-refractivity contribution is -0.182. The van der Waals surface area contributed by atoms with Gasteiger partial charge in [-0.1, -0.05) is 12.1 Å². The van der Waals surface area contributed by atoms with Gasteiger partial charge in [0.2, 0.25) is 0 Å². The zero-order valence-corrected chi connectivity index (χ0v) is 15.5. The van der Waals surface area contributed by atoms with Gasteiger partial charge in [-0.15, -0.1) is 0 Å². The number of methoxy groups -OCH3 is 1. The molecule has 0 bridgehead atoms. The highest BCUT2D eigenvalue weighted by Crippen LogP contribution is 2.42. The number of alkyl halides is 6. The third-order valence-corrected chi connectivity index (χ3v) is 5.27. The summed E-state index contributed by atoms with van der Waals surface area (Å²) >= 11 is 0. The quantitative estimate of drug-likeness (QED) is 0.477. The minimum absolute atomic E-state index is 0.0980. The molecule has 1 aliphatic carbocycles. The molecule has 0 spiro atoms. The molecule has 0 aliphatic heterocycles. The van der Waals surface area contributed by atoms with Crippen molar-refractivity contribution in [2.75, 3.05) is 12.4 Å². The van der Waals surface area contributed by atoms with E-state index in [0.717, 1.165) is 0 Å². The van der Waals surface area contributed by atoms with E-state index >= 15 is 0 Å². The molecule has 0 unspecified atom stereocenters. The molecule has 0 radical (unpaired) electrons. The first-order chi connectivity index (χ1) is 13.5. The largest absolute Gasteiger partial charge is 0.465 e. The van der Waals surface area contributed by atoms with E-state index in [1.165, 1.54) is 37.4 Å². The SMILES string of the molecule is COC(=O)c1ccc2c(C(F)(F)F)c(N[C@H]3CC[C@@H](C(F)(F)F)CC3)ccc2c1. The monoisotopic (exact) mass is 419 g/mol. The topological polar surface area (TPSA) is 38.3 Å². The second-order valence-electron chi connectivity index (χ2n) is 7.15. The van der Waals surface area contributed by atoms with Crippen molar-refractivity contribution in [3.05, 3.63) is 41.5 Å². The summed E-state index contributed by atoms with van der Waals surface area (Å²) in [5.74, 6) is -2.07. The lowest BCUT2D eigenvalue weighted by atomic mass is 9.85. The number of ether oxygens (including phenoxy) is 1. The molecular formula is C20H19F6NO2. The maximum absolute atomic E-state index is 13.8. The van der Waals surface area contributed by atoms with Crippen molar-refractivity contribution in [1.29, 1.82) is 0 Å². The molecule has 1 N–H and O–H groups in total. The van der Waals surface area contributed by atoms with Gasteiger partial charge in [-0.25, -0.2) is 4.79 Å². The number of fused-ring (bicyclic) bond motifs is 1. The fraction of sp³-hybridized carbons (Fsp3) is 0.450. The lowest BCUT2D eigenvalue weighted by Crippen LogP contribution is -2.33. The molecule has 0 amide bonds. The zero-order chi connectivity index (χ0) is 21.4. The molecule has 158 valence electrons. The van der Waals surface area contributed by atoms with Crippen LogP contribution in [0.15, 0.2) is 30.3 Å². The highest BCUT2D eigenvalue weighted by Gasteiger charge is 2.42. The Morgan fingerprint density at radius 2 is 1.66 bits per heavy atom. The molecule has 0 aromatic heterocycles. The van der Waals surface area contributed by atoms with Gasteiger partial charge in [-0.3, -0.25) is 0 Å². The number of esters is 1. The van der Waals surface area contributed by atoms with Crippen LogP contribution in [0.1, 0.15) is 41.6 Å². The average Bonchev–Trinajstić information content (AvgIpc) is 2.65. The summed E-state index contributed by atoms with van der Waals surface area (Å²) in [6, 6.07) is 6.00. The smallest absolute Gasteiger partial charge is 0.418 e. The van der Waals surface area contributed by atoms with Crippen molar-refractivity contribution < 1.29 is 35.9 Å². The number of hydrogen-bond donors (Lipinski definition) is 1. The van der Waals surface area contributed by atoms with Crippen LogP contribution in [0.2, 0.25) is 0 Å². The van der Waals surface area contributed by atoms with Gasteiger partial charge >= 0.3 is 18.3 Å². The number of carbonyl (C=O) groups excluding carboxylic acids is 1. The van der Waals surface area contributed by atoms with E-state index in [1.54, 1.807) is 0 Å². The number of benzene rings is 2. The molecule has 1 saturated carbocycles. The third-order valence-electron chi connectivity index (χ3n) is 5.27. The fourth-order valence-corrected chi connectivity index (χ4v) is 3.79. The van der Waals surface area contributed by atoms with Crippen LogP contribution in [0.3, 0.4) is 0 Å². The Morgan fingerprint density at radius 1 is 1.00 bits per heavy atom. The molecule has 0 atom stereocenters. The third kappa shape index (κ3) is 4.59. The lowest BCUT2D eigenvalue weighted by Gasteiger charge is -2.31.